The molecule has 3 aromatic rings. The molecule has 1 atom stereocenters. The van der Waals surface area contributed by atoms with E-state index in [1.165, 1.54) is 11.3 Å². The summed E-state index contributed by atoms with van der Waals surface area (Å²) in [5, 5.41) is 13.6. The highest BCUT2D eigenvalue weighted by atomic mass is 32.1. The Morgan fingerprint density at radius 1 is 0.870 bits per heavy atom. The van der Waals surface area contributed by atoms with Gasteiger partial charge >= 0.3 is 0 Å². The third-order valence-corrected chi connectivity index (χ3v) is 4.86. The summed E-state index contributed by atoms with van der Waals surface area (Å²) in [5.74, 6) is 1.40. The SMILES string of the molecule is COc1ccc(C(O)(c2cccs2)c2ccccc2OC)cc1. The van der Waals surface area contributed by atoms with Gasteiger partial charge in [-0.2, -0.15) is 0 Å². The summed E-state index contributed by atoms with van der Waals surface area (Å²) in [6.07, 6.45) is 0. The number of para-hydroxylation sites is 1. The van der Waals surface area contributed by atoms with Gasteiger partial charge in [0, 0.05) is 10.4 Å². The average Bonchev–Trinajstić information content (AvgIpc) is 3.16. The molecule has 0 aliphatic heterocycles. The maximum absolute atomic E-state index is 11.7. The average molecular weight is 326 g/mol. The molecule has 0 aliphatic rings. The normalized spacial score (nSPS) is 13.3. The molecule has 1 heterocycles. The number of methoxy groups -OCH3 is 2. The Bertz CT molecular complexity index is 766. The molecule has 2 aromatic carbocycles. The highest BCUT2D eigenvalue weighted by Crippen LogP contribution is 2.43. The lowest BCUT2D eigenvalue weighted by Crippen LogP contribution is -2.28. The van der Waals surface area contributed by atoms with E-state index < -0.39 is 5.60 Å². The molecule has 1 N–H and O–H groups in total. The summed E-state index contributed by atoms with van der Waals surface area (Å²) in [5.41, 5.74) is 0.216. The van der Waals surface area contributed by atoms with Crippen molar-refractivity contribution in [2.75, 3.05) is 14.2 Å². The maximum Gasteiger partial charge on any atom is 0.153 e. The summed E-state index contributed by atoms with van der Waals surface area (Å²) in [6, 6.07) is 18.9. The van der Waals surface area contributed by atoms with Gasteiger partial charge in [0.15, 0.2) is 5.60 Å². The molecule has 0 bridgehead atoms. The first-order valence-corrected chi connectivity index (χ1v) is 8.12. The molecule has 0 saturated carbocycles. The zero-order valence-corrected chi connectivity index (χ0v) is 13.8. The minimum absolute atomic E-state index is 0.652. The molecule has 4 heteroatoms. The van der Waals surface area contributed by atoms with Crippen molar-refractivity contribution in [2.45, 2.75) is 5.60 Å². The fourth-order valence-corrected chi connectivity index (χ4v) is 3.55. The Hall–Kier alpha value is -2.30. The first-order chi connectivity index (χ1) is 11.2. The number of hydrogen-bond acceptors (Lipinski definition) is 4. The van der Waals surface area contributed by atoms with Crippen LogP contribution in [-0.2, 0) is 5.60 Å². The smallest absolute Gasteiger partial charge is 0.153 e. The summed E-state index contributed by atoms with van der Waals surface area (Å²) in [6.45, 7) is 0. The maximum atomic E-state index is 11.7. The van der Waals surface area contributed by atoms with Crippen molar-refractivity contribution in [1.82, 2.24) is 0 Å². The van der Waals surface area contributed by atoms with Crippen LogP contribution in [0.1, 0.15) is 16.0 Å². The van der Waals surface area contributed by atoms with Gasteiger partial charge in [0.2, 0.25) is 0 Å². The largest absolute Gasteiger partial charge is 0.497 e. The Morgan fingerprint density at radius 2 is 1.61 bits per heavy atom. The number of hydrogen-bond donors (Lipinski definition) is 1. The van der Waals surface area contributed by atoms with Crippen molar-refractivity contribution in [3.63, 3.8) is 0 Å². The molecule has 0 fully saturated rings. The van der Waals surface area contributed by atoms with Gasteiger partial charge in [0.1, 0.15) is 11.5 Å². The van der Waals surface area contributed by atoms with Gasteiger partial charge in [0.25, 0.3) is 0 Å². The molecule has 1 unspecified atom stereocenters. The molecule has 0 amide bonds. The van der Waals surface area contributed by atoms with Gasteiger partial charge in [-0.15, -0.1) is 11.3 Å². The van der Waals surface area contributed by atoms with E-state index in [1.54, 1.807) is 14.2 Å². The van der Waals surface area contributed by atoms with Crippen molar-refractivity contribution in [2.24, 2.45) is 0 Å². The van der Waals surface area contributed by atoms with Crippen LogP contribution >= 0.6 is 11.3 Å². The van der Waals surface area contributed by atoms with E-state index in [4.69, 9.17) is 9.47 Å². The van der Waals surface area contributed by atoms with Crippen molar-refractivity contribution in [3.05, 3.63) is 82.0 Å². The number of rotatable bonds is 5. The minimum Gasteiger partial charge on any atom is -0.497 e. The molecule has 0 spiro atoms. The van der Waals surface area contributed by atoms with E-state index in [9.17, 15) is 5.11 Å². The van der Waals surface area contributed by atoms with Crippen LogP contribution in [0.2, 0.25) is 0 Å². The Labute approximate surface area is 139 Å². The second kappa shape index (κ2) is 6.44. The minimum atomic E-state index is -1.27. The molecule has 3 rings (SSSR count). The van der Waals surface area contributed by atoms with E-state index >= 15 is 0 Å². The lowest BCUT2D eigenvalue weighted by Gasteiger charge is -2.30. The van der Waals surface area contributed by atoms with Crippen molar-refractivity contribution in [1.29, 1.82) is 0 Å². The molecule has 23 heavy (non-hydrogen) atoms. The Kier molecular flexibility index (Phi) is 4.37. The zero-order chi connectivity index (χ0) is 16.3. The van der Waals surface area contributed by atoms with E-state index in [-0.39, 0.29) is 0 Å². The quantitative estimate of drug-likeness (QED) is 0.769. The molecule has 0 aliphatic carbocycles. The first-order valence-electron chi connectivity index (χ1n) is 7.24. The third-order valence-electron chi connectivity index (χ3n) is 3.88. The van der Waals surface area contributed by atoms with Gasteiger partial charge in [-0.3, -0.25) is 0 Å². The van der Waals surface area contributed by atoms with E-state index in [0.29, 0.717) is 5.75 Å². The van der Waals surface area contributed by atoms with Crippen LogP contribution in [0.15, 0.2) is 66.0 Å². The molecular formula is C19H18O3S. The van der Waals surface area contributed by atoms with Crippen LogP contribution in [0.3, 0.4) is 0 Å². The van der Waals surface area contributed by atoms with Crippen LogP contribution in [-0.4, -0.2) is 19.3 Å². The molecule has 1 aromatic heterocycles. The first kappa shape index (κ1) is 15.6. The Balaban J connectivity index is 2.22. The summed E-state index contributed by atoms with van der Waals surface area (Å²) in [7, 11) is 3.24. The number of benzene rings is 2. The lowest BCUT2D eigenvalue weighted by atomic mass is 9.84. The fourth-order valence-electron chi connectivity index (χ4n) is 2.69. The second-order valence-electron chi connectivity index (χ2n) is 5.12. The zero-order valence-electron chi connectivity index (χ0n) is 13.0. The third kappa shape index (κ3) is 2.71. The summed E-state index contributed by atoms with van der Waals surface area (Å²) in [4.78, 5) is 0.840. The summed E-state index contributed by atoms with van der Waals surface area (Å²) >= 11 is 1.51. The van der Waals surface area contributed by atoms with Crippen molar-refractivity contribution < 1.29 is 14.6 Å². The highest BCUT2D eigenvalue weighted by Gasteiger charge is 2.37. The predicted octanol–water partition coefficient (Wildman–Crippen LogP) is 4.05. The van der Waals surface area contributed by atoms with Crippen LogP contribution in [0.4, 0.5) is 0 Å². The predicted molar refractivity (Wildman–Crippen MR) is 92.4 cm³/mol. The standard InChI is InChI=1S/C19H18O3S/c1-21-15-11-9-14(10-12-15)19(20,18-8-5-13-23-18)16-6-3-4-7-17(16)22-2/h3-13,20H,1-2H3. The van der Waals surface area contributed by atoms with E-state index in [1.807, 2.05) is 66.0 Å². The van der Waals surface area contributed by atoms with Crippen molar-refractivity contribution >= 4 is 11.3 Å². The van der Waals surface area contributed by atoms with Crippen LogP contribution in [0.5, 0.6) is 11.5 Å². The lowest BCUT2D eigenvalue weighted by molar-refractivity contribution is 0.126. The molecule has 0 saturated heterocycles. The van der Waals surface area contributed by atoms with E-state index in [0.717, 1.165) is 21.8 Å². The second-order valence-corrected chi connectivity index (χ2v) is 6.06. The van der Waals surface area contributed by atoms with Gasteiger partial charge in [-0.1, -0.05) is 36.4 Å². The van der Waals surface area contributed by atoms with Crippen LogP contribution in [0.25, 0.3) is 0 Å². The van der Waals surface area contributed by atoms with E-state index in [2.05, 4.69) is 0 Å². The topological polar surface area (TPSA) is 38.7 Å². The van der Waals surface area contributed by atoms with Gasteiger partial charge in [-0.05, 0) is 35.2 Å². The number of aliphatic hydroxyl groups is 1. The molecule has 118 valence electrons. The molecule has 0 radical (unpaired) electrons. The fraction of sp³-hybridized carbons (Fsp3) is 0.158. The van der Waals surface area contributed by atoms with Gasteiger partial charge in [-0.25, -0.2) is 0 Å². The molecule has 3 nitrogen and oxygen atoms in total. The van der Waals surface area contributed by atoms with Crippen molar-refractivity contribution in [3.8, 4) is 11.5 Å². The Morgan fingerprint density at radius 3 is 2.22 bits per heavy atom. The molecular weight excluding hydrogens is 308 g/mol. The highest BCUT2D eigenvalue weighted by molar-refractivity contribution is 7.10. The monoisotopic (exact) mass is 326 g/mol. The van der Waals surface area contributed by atoms with Crippen LogP contribution < -0.4 is 9.47 Å². The number of ether oxygens (including phenoxy) is 2. The van der Waals surface area contributed by atoms with Crippen LogP contribution in [0, 0.1) is 0 Å². The van der Waals surface area contributed by atoms with Gasteiger partial charge < -0.3 is 14.6 Å². The number of thiophene rings is 1. The van der Waals surface area contributed by atoms with Gasteiger partial charge in [0.05, 0.1) is 14.2 Å². The summed E-state index contributed by atoms with van der Waals surface area (Å²) < 4.78 is 10.7.